The summed E-state index contributed by atoms with van der Waals surface area (Å²) in [6.45, 7) is 4.35. The number of piperazine rings is 1. The van der Waals surface area contributed by atoms with Crippen LogP contribution in [0.4, 0.5) is 4.79 Å². The van der Waals surface area contributed by atoms with Gasteiger partial charge in [0.2, 0.25) is 0 Å². The number of hydrogen-bond donors (Lipinski definition) is 1. The molecule has 0 saturated carbocycles. The second-order valence-electron chi connectivity index (χ2n) is 8.65. The van der Waals surface area contributed by atoms with Crippen LogP contribution in [0.2, 0.25) is 0 Å². The van der Waals surface area contributed by atoms with Gasteiger partial charge in [-0.3, -0.25) is 14.6 Å². The van der Waals surface area contributed by atoms with E-state index in [0.29, 0.717) is 66.8 Å². The number of amides is 3. The Hall–Kier alpha value is -3.99. The Morgan fingerprint density at radius 1 is 1.08 bits per heavy atom. The molecule has 11 nitrogen and oxygen atoms in total. The van der Waals surface area contributed by atoms with Crippen LogP contribution in [0.15, 0.2) is 52.3 Å². The molecule has 1 N–H and O–H groups in total. The molecule has 2 aliphatic heterocycles. The first-order valence-electron chi connectivity index (χ1n) is 12.1. The third-order valence-electron chi connectivity index (χ3n) is 6.58. The molecule has 0 spiro atoms. The molecule has 1 fully saturated rings. The fourth-order valence-corrected chi connectivity index (χ4v) is 4.65. The van der Waals surface area contributed by atoms with Gasteiger partial charge in [0, 0.05) is 51.0 Å². The molecule has 37 heavy (non-hydrogen) atoms. The summed E-state index contributed by atoms with van der Waals surface area (Å²) < 4.78 is 21.7. The van der Waals surface area contributed by atoms with Crippen molar-refractivity contribution >= 4 is 17.9 Å². The predicted octanol–water partition coefficient (Wildman–Crippen LogP) is 2.27. The Labute approximate surface area is 215 Å². The van der Waals surface area contributed by atoms with Gasteiger partial charge in [-0.2, -0.15) is 0 Å². The van der Waals surface area contributed by atoms with Crippen molar-refractivity contribution in [2.24, 2.45) is 0 Å². The molecule has 3 heterocycles. The molecule has 0 aliphatic carbocycles. The minimum atomic E-state index is -0.801. The number of nitrogens with zero attached hydrogens (tertiary/aromatic N) is 3. The number of ether oxygens (including phenoxy) is 3. The first kappa shape index (κ1) is 26.1. The maximum Gasteiger partial charge on any atom is 0.338 e. The number of benzene rings is 1. The fraction of sp³-hybridized carbons (Fsp3) is 0.423. The van der Waals surface area contributed by atoms with Gasteiger partial charge in [0.25, 0.3) is 5.91 Å². The van der Waals surface area contributed by atoms with Crippen molar-refractivity contribution in [2.45, 2.75) is 13.0 Å². The maximum atomic E-state index is 13.3. The van der Waals surface area contributed by atoms with Gasteiger partial charge in [-0.15, -0.1) is 0 Å². The highest BCUT2D eigenvalue weighted by atomic mass is 16.5. The van der Waals surface area contributed by atoms with Crippen LogP contribution >= 0.6 is 0 Å². The number of furan rings is 1. The van der Waals surface area contributed by atoms with E-state index in [4.69, 9.17) is 18.6 Å². The van der Waals surface area contributed by atoms with Crippen molar-refractivity contribution in [3.63, 3.8) is 0 Å². The highest BCUT2D eigenvalue weighted by molar-refractivity contribution is 5.95. The molecule has 4 rings (SSSR count). The number of likely N-dealkylation sites (N-methyl/N-ethyl adjacent to an activating group) is 1. The highest BCUT2D eigenvalue weighted by Gasteiger charge is 2.39. The van der Waals surface area contributed by atoms with Crippen LogP contribution in [-0.2, 0) is 9.53 Å². The van der Waals surface area contributed by atoms with E-state index < -0.39 is 12.0 Å². The zero-order chi connectivity index (χ0) is 26.5. The number of methoxy groups -OCH3 is 2. The van der Waals surface area contributed by atoms with Crippen LogP contribution < -0.4 is 14.8 Å². The van der Waals surface area contributed by atoms with Crippen molar-refractivity contribution in [2.75, 3.05) is 60.6 Å². The topological polar surface area (TPSA) is 114 Å². The van der Waals surface area contributed by atoms with Gasteiger partial charge in [-0.25, -0.2) is 9.59 Å². The minimum absolute atomic E-state index is 0.157. The average Bonchev–Trinajstić information content (AvgIpc) is 3.46. The Morgan fingerprint density at radius 3 is 2.46 bits per heavy atom. The highest BCUT2D eigenvalue weighted by Crippen LogP contribution is 2.40. The fourth-order valence-electron chi connectivity index (χ4n) is 4.65. The number of urea groups is 1. The molecular weight excluding hydrogens is 480 g/mol. The summed E-state index contributed by atoms with van der Waals surface area (Å²) in [5.41, 5.74) is 1.44. The predicted molar refractivity (Wildman–Crippen MR) is 133 cm³/mol. The van der Waals surface area contributed by atoms with Gasteiger partial charge in [0.1, 0.15) is 0 Å². The summed E-state index contributed by atoms with van der Waals surface area (Å²) >= 11 is 0. The van der Waals surface area contributed by atoms with Gasteiger partial charge < -0.3 is 28.8 Å². The number of carbonyl (C=O) groups is 3. The van der Waals surface area contributed by atoms with Crippen LogP contribution in [0.5, 0.6) is 11.5 Å². The number of rotatable bonds is 8. The SMILES string of the molecule is CCOC(=O)C1=C(CN2CCN(C(=O)c3ccco3)CC2)N(C)C(=O)N[C@H]1c1cccc(OC)c1OC. The smallest absolute Gasteiger partial charge is 0.338 e. The number of hydrogen-bond acceptors (Lipinski definition) is 8. The van der Waals surface area contributed by atoms with Crippen molar-refractivity contribution in [1.29, 1.82) is 0 Å². The van der Waals surface area contributed by atoms with Gasteiger partial charge in [0.15, 0.2) is 17.3 Å². The molecule has 2 aromatic rings. The van der Waals surface area contributed by atoms with Crippen molar-refractivity contribution < 1.29 is 33.0 Å². The Morgan fingerprint density at radius 2 is 1.84 bits per heavy atom. The lowest BCUT2D eigenvalue weighted by Gasteiger charge is -2.39. The van der Waals surface area contributed by atoms with Crippen LogP contribution in [0.25, 0.3) is 0 Å². The van der Waals surface area contributed by atoms with E-state index in [1.165, 1.54) is 25.4 Å². The summed E-state index contributed by atoms with van der Waals surface area (Å²) in [6.07, 6.45) is 1.48. The standard InChI is InChI=1S/C26H32N4O7/c1-5-36-25(32)21-18(16-29-11-13-30(14-12-29)24(31)20-10-7-15-37-20)28(2)26(33)27-22(21)17-8-6-9-19(34-3)23(17)35-4/h6-10,15,22H,5,11-14,16H2,1-4H3,(H,27,33)/t22-/m0/s1. The van der Waals surface area contributed by atoms with E-state index in [-0.39, 0.29) is 18.5 Å². The van der Waals surface area contributed by atoms with Gasteiger partial charge in [-0.1, -0.05) is 12.1 Å². The molecule has 1 aromatic carbocycles. The molecule has 1 aromatic heterocycles. The van der Waals surface area contributed by atoms with Crippen LogP contribution in [0.3, 0.4) is 0 Å². The molecule has 1 atom stereocenters. The molecule has 2 aliphatic rings. The summed E-state index contributed by atoms with van der Waals surface area (Å²) in [6, 6.07) is 7.48. The monoisotopic (exact) mass is 512 g/mol. The molecule has 0 unspecified atom stereocenters. The number of carbonyl (C=O) groups excluding carboxylic acids is 3. The summed E-state index contributed by atoms with van der Waals surface area (Å²) in [4.78, 5) is 44.3. The second kappa shape index (κ2) is 11.4. The van der Waals surface area contributed by atoms with Crippen LogP contribution in [-0.4, -0.2) is 93.2 Å². The first-order chi connectivity index (χ1) is 17.9. The lowest BCUT2D eigenvalue weighted by Crippen LogP contribution is -2.53. The van der Waals surface area contributed by atoms with Crippen molar-refractivity contribution in [3.05, 3.63) is 59.2 Å². The van der Waals surface area contributed by atoms with Crippen LogP contribution in [0.1, 0.15) is 29.1 Å². The van der Waals surface area contributed by atoms with E-state index in [1.807, 2.05) is 0 Å². The molecule has 1 saturated heterocycles. The quantitative estimate of drug-likeness (QED) is 0.536. The average molecular weight is 513 g/mol. The van der Waals surface area contributed by atoms with Crippen molar-refractivity contribution in [1.82, 2.24) is 20.0 Å². The molecular formula is C26H32N4O7. The molecule has 198 valence electrons. The zero-order valence-electron chi connectivity index (χ0n) is 21.5. The third-order valence-corrected chi connectivity index (χ3v) is 6.58. The molecule has 0 bridgehead atoms. The van der Waals surface area contributed by atoms with E-state index in [2.05, 4.69) is 10.2 Å². The van der Waals surface area contributed by atoms with E-state index in [9.17, 15) is 14.4 Å². The largest absolute Gasteiger partial charge is 0.493 e. The Balaban J connectivity index is 1.65. The van der Waals surface area contributed by atoms with E-state index >= 15 is 0 Å². The summed E-state index contributed by atoms with van der Waals surface area (Å²) in [5, 5.41) is 2.91. The second-order valence-corrected chi connectivity index (χ2v) is 8.65. The van der Waals surface area contributed by atoms with Crippen molar-refractivity contribution in [3.8, 4) is 11.5 Å². The van der Waals surface area contributed by atoms with Gasteiger partial charge >= 0.3 is 12.0 Å². The lowest BCUT2D eigenvalue weighted by molar-refractivity contribution is -0.139. The summed E-state index contributed by atoms with van der Waals surface area (Å²) in [7, 11) is 4.66. The Kier molecular flexibility index (Phi) is 8.02. The minimum Gasteiger partial charge on any atom is -0.493 e. The lowest BCUT2D eigenvalue weighted by atomic mass is 9.93. The third kappa shape index (κ3) is 5.26. The maximum absolute atomic E-state index is 13.3. The van der Waals surface area contributed by atoms with E-state index in [1.54, 1.807) is 49.2 Å². The van der Waals surface area contributed by atoms with Crippen LogP contribution in [0, 0.1) is 0 Å². The number of para-hydroxylation sites is 1. The number of esters is 1. The molecule has 0 radical (unpaired) electrons. The normalized spacial score (nSPS) is 18.5. The first-order valence-corrected chi connectivity index (χ1v) is 12.1. The molecule has 3 amide bonds. The summed E-state index contributed by atoms with van der Waals surface area (Å²) in [5.74, 6) is 0.530. The Bertz CT molecular complexity index is 1170. The van der Waals surface area contributed by atoms with E-state index in [0.717, 1.165) is 0 Å². The van der Waals surface area contributed by atoms with Gasteiger partial charge in [0.05, 0.1) is 38.7 Å². The zero-order valence-corrected chi connectivity index (χ0v) is 21.5. The molecule has 11 heteroatoms. The number of nitrogens with one attached hydrogen (secondary N) is 1. The van der Waals surface area contributed by atoms with Gasteiger partial charge in [-0.05, 0) is 25.1 Å².